The number of allylic oxidation sites excluding steroid dienone is 1. The Kier molecular flexibility index (Phi) is 2.87. The first kappa shape index (κ1) is 8.79. The molecule has 0 spiro atoms. The smallest absolute Gasteiger partial charge is 0.145 e. The second-order valence-electron chi connectivity index (χ2n) is 2.90. The number of hydrogen-bond acceptors (Lipinski definition) is 4. The van der Waals surface area contributed by atoms with Crippen molar-refractivity contribution in [2.24, 2.45) is 11.7 Å². The molecule has 0 amide bonds. The Balaban J connectivity index is 2.53. The van der Waals surface area contributed by atoms with Gasteiger partial charge >= 0.3 is 0 Å². The number of nitrogens with one attached hydrogen (secondary N) is 1. The fourth-order valence-corrected chi connectivity index (χ4v) is 1.38. The van der Waals surface area contributed by atoms with Crippen LogP contribution in [0, 0.1) is 17.2 Å². The number of nitrogens with two attached hydrogens (primary N) is 1. The van der Waals surface area contributed by atoms with Crippen molar-refractivity contribution in [2.45, 2.75) is 18.9 Å². The Labute approximate surface area is 71.0 Å². The molecule has 2 atom stereocenters. The molecule has 12 heavy (non-hydrogen) atoms. The molecule has 0 radical (unpaired) electrons. The van der Waals surface area contributed by atoms with Crippen LogP contribution >= 0.6 is 0 Å². The van der Waals surface area contributed by atoms with Gasteiger partial charge in [-0.15, -0.1) is 0 Å². The van der Waals surface area contributed by atoms with Crippen molar-refractivity contribution in [3.8, 4) is 6.07 Å². The van der Waals surface area contributed by atoms with E-state index in [4.69, 9.17) is 11.0 Å². The Morgan fingerprint density at radius 2 is 2.58 bits per heavy atom. The van der Waals surface area contributed by atoms with Gasteiger partial charge in [0.2, 0.25) is 0 Å². The summed E-state index contributed by atoms with van der Waals surface area (Å²) in [5.41, 5.74) is 6.01. The zero-order valence-corrected chi connectivity index (χ0v) is 6.71. The van der Waals surface area contributed by atoms with Crippen LogP contribution in [0.3, 0.4) is 0 Å². The standard InChI is InChI=1S/C8H11N3O/c9-4-7(10)3-6-1-2-11-8(6)5-12/h6-7,11H,1-3,10H2/t6-,7?/m0/s1. The van der Waals surface area contributed by atoms with Crippen molar-refractivity contribution >= 4 is 5.94 Å². The highest BCUT2D eigenvalue weighted by atomic mass is 16.1. The maximum Gasteiger partial charge on any atom is 0.145 e. The lowest BCUT2D eigenvalue weighted by atomic mass is 9.98. The maximum atomic E-state index is 10.3. The summed E-state index contributed by atoms with van der Waals surface area (Å²) in [5, 5.41) is 11.4. The van der Waals surface area contributed by atoms with Gasteiger partial charge in [-0.2, -0.15) is 5.26 Å². The second kappa shape index (κ2) is 3.91. The summed E-state index contributed by atoms with van der Waals surface area (Å²) in [5.74, 6) is 1.94. The van der Waals surface area contributed by atoms with E-state index in [1.54, 1.807) is 0 Å². The maximum absolute atomic E-state index is 10.3. The minimum absolute atomic E-state index is 0.108. The summed E-state index contributed by atoms with van der Waals surface area (Å²) in [4.78, 5) is 10.3. The molecule has 4 nitrogen and oxygen atoms in total. The van der Waals surface area contributed by atoms with Gasteiger partial charge in [0, 0.05) is 12.5 Å². The fraction of sp³-hybridized carbons (Fsp3) is 0.625. The van der Waals surface area contributed by atoms with Crippen LogP contribution in [0.1, 0.15) is 12.8 Å². The highest BCUT2D eigenvalue weighted by Gasteiger charge is 2.23. The Morgan fingerprint density at radius 3 is 3.17 bits per heavy atom. The fourth-order valence-electron chi connectivity index (χ4n) is 1.38. The number of nitriles is 1. The largest absolute Gasteiger partial charge is 0.379 e. The Bertz CT molecular complexity index is 250. The van der Waals surface area contributed by atoms with Crippen LogP contribution < -0.4 is 11.1 Å². The number of nitrogens with zero attached hydrogens (tertiary/aromatic N) is 1. The molecule has 1 saturated heterocycles. The third-order valence-corrected chi connectivity index (χ3v) is 2.03. The molecule has 1 heterocycles. The van der Waals surface area contributed by atoms with Gasteiger partial charge in [0.25, 0.3) is 0 Å². The third-order valence-electron chi connectivity index (χ3n) is 2.03. The quantitative estimate of drug-likeness (QED) is 0.543. The van der Waals surface area contributed by atoms with Gasteiger partial charge in [-0.05, 0) is 12.8 Å². The summed E-state index contributed by atoms with van der Waals surface area (Å²) in [6.07, 6.45) is 1.42. The topological polar surface area (TPSA) is 78.9 Å². The molecule has 1 rings (SSSR count). The van der Waals surface area contributed by atoms with Gasteiger partial charge in [0.15, 0.2) is 0 Å². The van der Waals surface area contributed by atoms with E-state index in [1.807, 2.05) is 12.0 Å². The monoisotopic (exact) mass is 165 g/mol. The van der Waals surface area contributed by atoms with Crippen LogP contribution in [0.2, 0.25) is 0 Å². The zero-order valence-electron chi connectivity index (χ0n) is 6.71. The summed E-state index contributed by atoms with van der Waals surface area (Å²) in [7, 11) is 0. The van der Waals surface area contributed by atoms with Gasteiger partial charge in [-0.3, -0.25) is 0 Å². The highest BCUT2D eigenvalue weighted by molar-refractivity contribution is 5.53. The average molecular weight is 165 g/mol. The summed E-state index contributed by atoms with van der Waals surface area (Å²) in [6, 6.07) is 1.47. The molecule has 0 aromatic rings. The van der Waals surface area contributed by atoms with Gasteiger partial charge in [0.05, 0.1) is 17.8 Å². The first-order chi connectivity index (χ1) is 5.77. The number of rotatable bonds is 2. The van der Waals surface area contributed by atoms with Crippen LogP contribution in [0.25, 0.3) is 0 Å². The van der Waals surface area contributed by atoms with E-state index < -0.39 is 6.04 Å². The summed E-state index contributed by atoms with van der Waals surface area (Å²) >= 11 is 0. The molecule has 1 unspecified atom stereocenters. The Hall–Kier alpha value is -1.30. The van der Waals surface area contributed by atoms with Gasteiger partial charge < -0.3 is 11.1 Å². The SMILES string of the molecule is N#CC(N)C[C@@H]1CCNC1=C=O. The second-order valence-corrected chi connectivity index (χ2v) is 2.90. The predicted molar refractivity (Wildman–Crippen MR) is 43.5 cm³/mol. The molecule has 1 aliphatic heterocycles. The molecule has 1 fully saturated rings. The molecule has 0 aromatic carbocycles. The molecule has 64 valence electrons. The van der Waals surface area contributed by atoms with Crippen molar-refractivity contribution in [1.82, 2.24) is 5.32 Å². The van der Waals surface area contributed by atoms with Crippen molar-refractivity contribution in [3.63, 3.8) is 0 Å². The van der Waals surface area contributed by atoms with Gasteiger partial charge in [-0.25, -0.2) is 4.79 Å². The van der Waals surface area contributed by atoms with Crippen molar-refractivity contribution in [2.75, 3.05) is 6.54 Å². The molecule has 3 N–H and O–H groups in total. The summed E-state index contributed by atoms with van der Waals surface area (Å²) < 4.78 is 0. The molecule has 1 aliphatic rings. The first-order valence-corrected chi connectivity index (χ1v) is 3.92. The van der Waals surface area contributed by atoms with Gasteiger partial charge in [-0.1, -0.05) is 0 Å². The van der Waals surface area contributed by atoms with E-state index in [0.717, 1.165) is 13.0 Å². The Morgan fingerprint density at radius 1 is 1.83 bits per heavy atom. The molecule has 0 aliphatic carbocycles. The molecular weight excluding hydrogens is 154 g/mol. The minimum Gasteiger partial charge on any atom is -0.379 e. The van der Waals surface area contributed by atoms with Gasteiger partial charge in [0.1, 0.15) is 5.94 Å². The predicted octanol–water partition coefficient (Wildman–Crippen LogP) is -0.448. The van der Waals surface area contributed by atoms with Crippen LogP contribution in [0.4, 0.5) is 0 Å². The van der Waals surface area contributed by atoms with E-state index in [-0.39, 0.29) is 5.92 Å². The minimum atomic E-state index is -0.474. The zero-order chi connectivity index (χ0) is 8.97. The molecule has 0 bridgehead atoms. The van der Waals surface area contributed by atoms with E-state index in [9.17, 15) is 4.79 Å². The summed E-state index contributed by atoms with van der Waals surface area (Å²) in [6.45, 7) is 0.785. The lowest BCUT2D eigenvalue weighted by molar-refractivity contribution is 0.535. The number of carbonyl (C=O) groups excluding carboxylic acids is 1. The van der Waals surface area contributed by atoms with E-state index >= 15 is 0 Å². The van der Waals surface area contributed by atoms with Crippen molar-refractivity contribution < 1.29 is 4.79 Å². The first-order valence-electron chi connectivity index (χ1n) is 3.92. The van der Waals surface area contributed by atoms with E-state index in [1.165, 1.54) is 0 Å². The molecular formula is C8H11N3O. The number of hydrogen-bond donors (Lipinski definition) is 2. The van der Waals surface area contributed by atoms with Crippen molar-refractivity contribution in [1.29, 1.82) is 5.26 Å². The molecule has 4 heteroatoms. The van der Waals surface area contributed by atoms with E-state index in [0.29, 0.717) is 12.1 Å². The normalized spacial score (nSPS) is 24.0. The van der Waals surface area contributed by atoms with Crippen LogP contribution in [0.5, 0.6) is 0 Å². The van der Waals surface area contributed by atoms with Crippen LogP contribution in [-0.4, -0.2) is 18.5 Å². The molecule has 0 saturated carbocycles. The lowest BCUT2D eigenvalue weighted by Gasteiger charge is -2.08. The third kappa shape index (κ3) is 1.85. The average Bonchev–Trinajstić information content (AvgIpc) is 2.51. The lowest BCUT2D eigenvalue weighted by Crippen LogP contribution is -2.22. The van der Waals surface area contributed by atoms with E-state index in [2.05, 4.69) is 5.32 Å². The van der Waals surface area contributed by atoms with Crippen LogP contribution in [-0.2, 0) is 4.79 Å². The highest BCUT2D eigenvalue weighted by Crippen LogP contribution is 2.21. The molecule has 0 aromatic heterocycles. The van der Waals surface area contributed by atoms with Crippen molar-refractivity contribution in [3.05, 3.63) is 5.70 Å². The van der Waals surface area contributed by atoms with Crippen LogP contribution in [0.15, 0.2) is 5.70 Å².